The van der Waals surface area contributed by atoms with Crippen LogP contribution in [-0.2, 0) is 0 Å². The predicted molar refractivity (Wildman–Crippen MR) is 109 cm³/mol. The predicted octanol–water partition coefficient (Wildman–Crippen LogP) is 3.87. The molecule has 1 amide bonds. The van der Waals surface area contributed by atoms with E-state index in [1.54, 1.807) is 6.07 Å². The monoisotopic (exact) mass is 379 g/mol. The zero-order valence-electron chi connectivity index (χ0n) is 16.1. The summed E-state index contributed by atoms with van der Waals surface area (Å²) in [5, 5.41) is 3.07. The molecule has 0 unspecified atom stereocenters. The van der Waals surface area contributed by atoms with Crippen molar-refractivity contribution < 1.29 is 13.9 Å². The summed E-state index contributed by atoms with van der Waals surface area (Å²) in [6, 6.07) is 15.9. The fourth-order valence-electron chi connectivity index (χ4n) is 3.59. The van der Waals surface area contributed by atoms with Gasteiger partial charge in [-0.1, -0.05) is 24.3 Å². The second kappa shape index (κ2) is 8.33. The second-order valence-corrected chi connectivity index (χ2v) is 7.03. The Labute approximate surface area is 164 Å². The molecule has 1 saturated heterocycles. The summed E-state index contributed by atoms with van der Waals surface area (Å²) in [5.74, 6) is 1.00. The van der Waals surface area contributed by atoms with Crippen molar-refractivity contribution in [2.75, 3.05) is 31.1 Å². The number of ether oxygens (including phenoxy) is 1. The van der Waals surface area contributed by atoms with Crippen molar-refractivity contribution >= 4 is 23.0 Å². The minimum Gasteiger partial charge on any atom is -0.493 e. The van der Waals surface area contributed by atoms with Crippen LogP contribution >= 0.6 is 0 Å². The van der Waals surface area contributed by atoms with Gasteiger partial charge in [0.15, 0.2) is 5.58 Å². The number of aromatic nitrogens is 1. The van der Waals surface area contributed by atoms with Gasteiger partial charge in [-0.05, 0) is 49.9 Å². The molecule has 146 valence electrons. The average Bonchev–Trinajstić information content (AvgIpc) is 3.17. The van der Waals surface area contributed by atoms with Crippen molar-refractivity contribution in [3.05, 3.63) is 54.1 Å². The third kappa shape index (κ3) is 3.96. The summed E-state index contributed by atoms with van der Waals surface area (Å²) in [6.07, 6.45) is 1.98. The maximum Gasteiger partial charge on any atom is 0.298 e. The molecule has 6 nitrogen and oxygen atoms in total. The normalized spacial score (nSPS) is 15.0. The van der Waals surface area contributed by atoms with Gasteiger partial charge in [0, 0.05) is 19.6 Å². The molecule has 4 rings (SSSR count). The largest absolute Gasteiger partial charge is 0.493 e. The molecular formula is C22H25N3O3. The van der Waals surface area contributed by atoms with Gasteiger partial charge in [0.05, 0.1) is 12.2 Å². The topological polar surface area (TPSA) is 67.6 Å². The van der Waals surface area contributed by atoms with E-state index in [0.29, 0.717) is 36.4 Å². The lowest BCUT2D eigenvalue weighted by atomic mass is 9.97. The number of para-hydroxylation sites is 3. The highest BCUT2D eigenvalue weighted by atomic mass is 16.5. The van der Waals surface area contributed by atoms with Crippen molar-refractivity contribution in [3.8, 4) is 5.75 Å². The quantitative estimate of drug-likeness (QED) is 0.704. The van der Waals surface area contributed by atoms with Crippen LogP contribution in [0.1, 0.15) is 30.1 Å². The lowest BCUT2D eigenvalue weighted by molar-refractivity contribution is 0.0941. The van der Waals surface area contributed by atoms with E-state index in [-0.39, 0.29) is 5.91 Å². The van der Waals surface area contributed by atoms with E-state index in [0.717, 1.165) is 37.0 Å². The standard InChI is InChI=1S/C22H25N3O3/c1-2-27-19-9-5-3-7-17(19)21(26)23-15-16-11-13-25(14-12-16)22-24-18-8-4-6-10-20(18)28-22/h3-10,16H,2,11-15H2,1H3,(H,23,26). The first-order valence-electron chi connectivity index (χ1n) is 9.85. The van der Waals surface area contributed by atoms with Gasteiger partial charge in [0.1, 0.15) is 11.3 Å². The third-order valence-electron chi connectivity index (χ3n) is 5.15. The van der Waals surface area contributed by atoms with E-state index in [1.807, 2.05) is 49.4 Å². The van der Waals surface area contributed by atoms with Gasteiger partial charge >= 0.3 is 0 Å². The van der Waals surface area contributed by atoms with E-state index in [1.165, 1.54) is 0 Å². The number of hydrogen-bond acceptors (Lipinski definition) is 5. The van der Waals surface area contributed by atoms with Gasteiger partial charge in [0.25, 0.3) is 11.9 Å². The maximum atomic E-state index is 12.5. The Bertz CT molecular complexity index is 912. The number of carbonyl (C=O) groups excluding carboxylic acids is 1. The smallest absolute Gasteiger partial charge is 0.298 e. The minimum absolute atomic E-state index is 0.0783. The number of oxazole rings is 1. The molecule has 1 N–H and O–H groups in total. The highest BCUT2D eigenvalue weighted by Gasteiger charge is 2.23. The van der Waals surface area contributed by atoms with Crippen LogP contribution in [0.2, 0.25) is 0 Å². The molecule has 1 aliphatic rings. The summed E-state index contributed by atoms with van der Waals surface area (Å²) in [5.41, 5.74) is 2.30. The lowest BCUT2D eigenvalue weighted by Crippen LogP contribution is -2.38. The Morgan fingerprint density at radius 1 is 1.18 bits per heavy atom. The number of benzene rings is 2. The van der Waals surface area contributed by atoms with Crippen LogP contribution in [0.5, 0.6) is 5.75 Å². The zero-order valence-corrected chi connectivity index (χ0v) is 16.1. The molecule has 2 aromatic carbocycles. The van der Waals surface area contributed by atoms with Crippen molar-refractivity contribution in [1.29, 1.82) is 0 Å². The van der Waals surface area contributed by atoms with Gasteiger partial charge in [-0.2, -0.15) is 4.98 Å². The molecule has 6 heteroatoms. The first-order valence-corrected chi connectivity index (χ1v) is 9.85. The van der Waals surface area contributed by atoms with Crippen LogP contribution in [-0.4, -0.2) is 37.1 Å². The molecule has 1 aliphatic heterocycles. The second-order valence-electron chi connectivity index (χ2n) is 7.03. The van der Waals surface area contributed by atoms with Crippen LogP contribution in [0.25, 0.3) is 11.1 Å². The number of fused-ring (bicyclic) bond motifs is 1. The van der Waals surface area contributed by atoms with Crippen LogP contribution in [0.4, 0.5) is 6.01 Å². The number of amides is 1. The average molecular weight is 379 g/mol. The van der Waals surface area contributed by atoms with Crippen LogP contribution in [0.3, 0.4) is 0 Å². The third-order valence-corrected chi connectivity index (χ3v) is 5.15. The van der Waals surface area contributed by atoms with Crippen LogP contribution < -0.4 is 15.0 Å². The summed E-state index contributed by atoms with van der Waals surface area (Å²) >= 11 is 0. The van der Waals surface area contributed by atoms with Crippen LogP contribution in [0, 0.1) is 5.92 Å². The summed E-state index contributed by atoms with van der Waals surface area (Å²) in [7, 11) is 0. The van der Waals surface area contributed by atoms with Crippen molar-refractivity contribution in [1.82, 2.24) is 10.3 Å². The van der Waals surface area contributed by atoms with E-state index in [9.17, 15) is 4.79 Å². The molecule has 2 heterocycles. The molecule has 0 spiro atoms. The Morgan fingerprint density at radius 2 is 1.93 bits per heavy atom. The minimum atomic E-state index is -0.0783. The lowest BCUT2D eigenvalue weighted by Gasteiger charge is -2.30. The van der Waals surface area contributed by atoms with E-state index in [2.05, 4.69) is 15.2 Å². The number of nitrogens with zero attached hydrogens (tertiary/aromatic N) is 2. The number of anilines is 1. The number of piperidine rings is 1. The summed E-state index contributed by atoms with van der Waals surface area (Å²) < 4.78 is 11.4. The number of hydrogen-bond donors (Lipinski definition) is 1. The molecule has 0 saturated carbocycles. The SMILES string of the molecule is CCOc1ccccc1C(=O)NCC1CCN(c2nc3ccccc3o2)CC1. The van der Waals surface area contributed by atoms with Gasteiger partial charge in [-0.15, -0.1) is 0 Å². The van der Waals surface area contributed by atoms with Crippen LogP contribution in [0.15, 0.2) is 52.9 Å². The van der Waals surface area contributed by atoms with Gasteiger partial charge in [-0.3, -0.25) is 4.79 Å². The fraction of sp³-hybridized carbons (Fsp3) is 0.364. The first kappa shape index (κ1) is 18.3. The molecular weight excluding hydrogens is 354 g/mol. The molecule has 0 radical (unpaired) electrons. The van der Waals surface area contributed by atoms with Gasteiger partial charge in [0.2, 0.25) is 0 Å². The zero-order chi connectivity index (χ0) is 19.3. The Balaban J connectivity index is 1.30. The molecule has 3 aromatic rings. The number of rotatable bonds is 6. The molecule has 1 fully saturated rings. The molecule has 0 atom stereocenters. The summed E-state index contributed by atoms with van der Waals surface area (Å²) in [4.78, 5) is 19.3. The molecule has 0 aliphatic carbocycles. The number of nitrogens with one attached hydrogen (secondary N) is 1. The molecule has 28 heavy (non-hydrogen) atoms. The molecule has 1 aromatic heterocycles. The van der Waals surface area contributed by atoms with Crippen molar-refractivity contribution in [2.45, 2.75) is 19.8 Å². The van der Waals surface area contributed by atoms with Gasteiger partial charge in [-0.25, -0.2) is 0 Å². The van der Waals surface area contributed by atoms with Crippen molar-refractivity contribution in [3.63, 3.8) is 0 Å². The van der Waals surface area contributed by atoms with E-state index >= 15 is 0 Å². The number of carbonyl (C=O) groups is 1. The first-order chi connectivity index (χ1) is 13.7. The maximum absolute atomic E-state index is 12.5. The Morgan fingerprint density at radius 3 is 2.71 bits per heavy atom. The Kier molecular flexibility index (Phi) is 5.46. The van der Waals surface area contributed by atoms with Crippen molar-refractivity contribution in [2.24, 2.45) is 5.92 Å². The fourth-order valence-corrected chi connectivity index (χ4v) is 3.59. The highest BCUT2D eigenvalue weighted by molar-refractivity contribution is 5.96. The van der Waals surface area contributed by atoms with E-state index < -0.39 is 0 Å². The Hall–Kier alpha value is -3.02. The van der Waals surface area contributed by atoms with Gasteiger partial charge < -0.3 is 19.4 Å². The van der Waals surface area contributed by atoms with E-state index in [4.69, 9.17) is 9.15 Å². The highest BCUT2D eigenvalue weighted by Crippen LogP contribution is 2.26. The molecule has 0 bridgehead atoms. The summed E-state index contributed by atoms with van der Waals surface area (Å²) in [6.45, 7) is 4.88.